The molecule has 19 heavy (non-hydrogen) atoms. The monoisotopic (exact) mass is 263 g/mol. The first-order valence-electron chi connectivity index (χ1n) is 6.17. The minimum Gasteiger partial charge on any atom is -0.465 e. The highest BCUT2D eigenvalue weighted by atomic mass is 16.5. The Morgan fingerprint density at radius 1 is 1.53 bits per heavy atom. The van der Waals surface area contributed by atoms with E-state index in [4.69, 9.17) is 5.11 Å². The molecule has 0 radical (unpaired) electrons. The molecule has 0 aliphatic carbocycles. The van der Waals surface area contributed by atoms with E-state index >= 15 is 0 Å². The summed E-state index contributed by atoms with van der Waals surface area (Å²) >= 11 is 0. The van der Waals surface area contributed by atoms with E-state index in [2.05, 4.69) is 4.74 Å². The summed E-state index contributed by atoms with van der Waals surface area (Å²) in [6, 6.07) is 5.13. The van der Waals surface area contributed by atoms with Crippen LogP contribution in [0.5, 0.6) is 0 Å². The maximum atomic E-state index is 11.9. The predicted octanol–water partition coefficient (Wildman–Crippen LogP) is 1.13. The van der Waals surface area contributed by atoms with Crippen molar-refractivity contribution in [2.75, 3.05) is 25.2 Å². The number of esters is 1. The van der Waals surface area contributed by atoms with Gasteiger partial charge in [-0.1, -0.05) is 6.07 Å². The van der Waals surface area contributed by atoms with Crippen LogP contribution in [0.15, 0.2) is 18.2 Å². The van der Waals surface area contributed by atoms with Crippen molar-refractivity contribution in [3.05, 3.63) is 29.3 Å². The average Bonchev–Trinajstić information content (AvgIpc) is 2.79. The Kier molecular flexibility index (Phi) is 3.85. The van der Waals surface area contributed by atoms with Crippen molar-refractivity contribution in [2.24, 2.45) is 5.92 Å². The van der Waals surface area contributed by atoms with Gasteiger partial charge in [-0.2, -0.15) is 0 Å². The summed E-state index contributed by atoms with van der Waals surface area (Å²) in [7, 11) is 1.32. The van der Waals surface area contributed by atoms with Gasteiger partial charge in [0.1, 0.15) is 0 Å². The lowest BCUT2D eigenvalue weighted by Crippen LogP contribution is -2.26. The number of aliphatic hydroxyl groups excluding tert-OH is 1. The standard InChI is InChI=1S/C14H17NO4/c1-9-3-4-11(14(18)19-2)6-12(9)15-7-10(8-16)5-13(15)17/h3-4,6,10,16H,5,7-8H2,1-2H3. The summed E-state index contributed by atoms with van der Waals surface area (Å²) in [5.41, 5.74) is 2.05. The average molecular weight is 263 g/mol. The quantitative estimate of drug-likeness (QED) is 0.830. The fraction of sp³-hybridized carbons (Fsp3) is 0.429. The van der Waals surface area contributed by atoms with Crippen molar-refractivity contribution in [1.82, 2.24) is 0 Å². The molecule has 1 atom stereocenters. The summed E-state index contributed by atoms with van der Waals surface area (Å²) in [6.45, 7) is 2.37. The number of aryl methyl sites for hydroxylation is 1. The number of benzene rings is 1. The number of methoxy groups -OCH3 is 1. The predicted molar refractivity (Wildman–Crippen MR) is 70.1 cm³/mol. The number of nitrogens with zero attached hydrogens (tertiary/aromatic N) is 1. The fourth-order valence-corrected chi connectivity index (χ4v) is 2.28. The lowest BCUT2D eigenvalue weighted by Gasteiger charge is -2.19. The van der Waals surface area contributed by atoms with Gasteiger partial charge in [-0.05, 0) is 24.6 Å². The Morgan fingerprint density at radius 3 is 2.84 bits per heavy atom. The zero-order chi connectivity index (χ0) is 14.0. The van der Waals surface area contributed by atoms with Crippen LogP contribution >= 0.6 is 0 Å². The number of carbonyl (C=O) groups is 2. The van der Waals surface area contributed by atoms with E-state index in [1.807, 2.05) is 6.92 Å². The van der Waals surface area contributed by atoms with Crippen LogP contribution in [-0.2, 0) is 9.53 Å². The summed E-state index contributed by atoms with van der Waals surface area (Å²) in [5, 5.41) is 9.15. The van der Waals surface area contributed by atoms with Gasteiger partial charge in [-0.3, -0.25) is 4.79 Å². The molecule has 5 heteroatoms. The van der Waals surface area contributed by atoms with E-state index in [1.54, 1.807) is 23.1 Å². The fourth-order valence-electron chi connectivity index (χ4n) is 2.28. The molecule has 1 N–H and O–H groups in total. The summed E-state index contributed by atoms with van der Waals surface area (Å²) < 4.78 is 4.68. The number of hydrogen-bond acceptors (Lipinski definition) is 4. The van der Waals surface area contributed by atoms with Gasteiger partial charge in [0.05, 0.1) is 12.7 Å². The summed E-state index contributed by atoms with van der Waals surface area (Å²) in [4.78, 5) is 25.1. The number of rotatable bonds is 3. The van der Waals surface area contributed by atoms with Crippen LogP contribution in [-0.4, -0.2) is 37.2 Å². The molecule has 2 rings (SSSR count). The molecule has 1 heterocycles. The molecule has 1 amide bonds. The van der Waals surface area contributed by atoms with E-state index in [1.165, 1.54) is 7.11 Å². The van der Waals surface area contributed by atoms with Crippen molar-refractivity contribution in [2.45, 2.75) is 13.3 Å². The first-order valence-corrected chi connectivity index (χ1v) is 6.17. The van der Waals surface area contributed by atoms with E-state index in [0.29, 0.717) is 24.2 Å². The van der Waals surface area contributed by atoms with Crippen LogP contribution in [0.3, 0.4) is 0 Å². The third kappa shape index (κ3) is 2.61. The van der Waals surface area contributed by atoms with Gasteiger partial charge < -0.3 is 14.7 Å². The van der Waals surface area contributed by atoms with Crippen molar-refractivity contribution in [1.29, 1.82) is 0 Å². The molecule has 5 nitrogen and oxygen atoms in total. The normalized spacial score (nSPS) is 18.8. The highest BCUT2D eigenvalue weighted by Gasteiger charge is 2.31. The van der Waals surface area contributed by atoms with Crippen molar-refractivity contribution in [3.63, 3.8) is 0 Å². The number of aliphatic hydroxyl groups is 1. The van der Waals surface area contributed by atoms with Gasteiger partial charge in [-0.25, -0.2) is 4.79 Å². The number of amides is 1. The molecular weight excluding hydrogens is 246 g/mol. The summed E-state index contributed by atoms with van der Waals surface area (Å²) in [6.07, 6.45) is 0.346. The van der Waals surface area contributed by atoms with E-state index < -0.39 is 5.97 Å². The van der Waals surface area contributed by atoms with Crippen molar-refractivity contribution >= 4 is 17.6 Å². The van der Waals surface area contributed by atoms with Gasteiger partial charge in [0.15, 0.2) is 0 Å². The SMILES string of the molecule is COC(=O)c1ccc(C)c(N2CC(CO)CC2=O)c1. The molecule has 1 aromatic rings. The van der Waals surface area contributed by atoms with Crippen molar-refractivity contribution < 1.29 is 19.4 Å². The van der Waals surface area contributed by atoms with Crippen LogP contribution in [0.4, 0.5) is 5.69 Å². The summed E-state index contributed by atoms with van der Waals surface area (Å²) in [5.74, 6) is -0.482. The third-order valence-corrected chi connectivity index (χ3v) is 3.38. The highest BCUT2D eigenvalue weighted by molar-refractivity contribution is 5.98. The third-order valence-electron chi connectivity index (χ3n) is 3.38. The Bertz CT molecular complexity index is 512. The van der Waals surface area contributed by atoms with Crippen LogP contribution in [0.2, 0.25) is 0 Å². The van der Waals surface area contributed by atoms with Crippen LogP contribution in [0.25, 0.3) is 0 Å². The highest BCUT2D eigenvalue weighted by Crippen LogP contribution is 2.28. The first-order chi connectivity index (χ1) is 9.06. The molecular formula is C14H17NO4. The zero-order valence-electron chi connectivity index (χ0n) is 11.0. The van der Waals surface area contributed by atoms with Crippen molar-refractivity contribution in [3.8, 4) is 0 Å². The minimum absolute atomic E-state index is 0.00200. The van der Waals surface area contributed by atoms with Gasteiger partial charge in [0.2, 0.25) is 5.91 Å². The Hall–Kier alpha value is -1.88. The molecule has 0 bridgehead atoms. The zero-order valence-corrected chi connectivity index (χ0v) is 11.0. The second kappa shape index (κ2) is 5.40. The molecule has 1 fully saturated rings. The van der Waals surface area contributed by atoms with Gasteiger partial charge >= 0.3 is 5.97 Å². The molecule has 1 aliphatic rings. The first kappa shape index (κ1) is 13.5. The molecule has 0 aromatic heterocycles. The Morgan fingerprint density at radius 2 is 2.26 bits per heavy atom. The second-order valence-electron chi connectivity index (χ2n) is 4.75. The lowest BCUT2D eigenvalue weighted by molar-refractivity contribution is -0.117. The Labute approximate surface area is 111 Å². The lowest BCUT2D eigenvalue weighted by atomic mass is 10.1. The van der Waals surface area contributed by atoms with E-state index in [0.717, 1.165) is 5.56 Å². The number of carbonyl (C=O) groups excluding carboxylic acids is 2. The van der Waals surface area contributed by atoms with E-state index in [-0.39, 0.29) is 18.4 Å². The number of anilines is 1. The topological polar surface area (TPSA) is 66.8 Å². The molecule has 0 saturated carbocycles. The van der Waals surface area contributed by atoms with Gasteiger partial charge in [0.25, 0.3) is 0 Å². The molecule has 1 saturated heterocycles. The molecule has 1 aromatic carbocycles. The molecule has 102 valence electrons. The second-order valence-corrected chi connectivity index (χ2v) is 4.75. The minimum atomic E-state index is -0.424. The number of hydrogen-bond donors (Lipinski definition) is 1. The van der Waals surface area contributed by atoms with E-state index in [9.17, 15) is 9.59 Å². The van der Waals surface area contributed by atoms with Crippen LogP contribution in [0.1, 0.15) is 22.3 Å². The maximum Gasteiger partial charge on any atom is 0.337 e. The largest absolute Gasteiger partial charge is 0.465 e. The Balaban J connectivity index is 2.34. The molecule has 1 aliphatic heterocycles. The smallest absolute Gasteiger partial charge is 0.337 e. The maximum absolute atomic E-state index is 11.9. The molecule has 1 unspecified atom stereocenters. The van der Waals surface area contributed by atoms with Crippen LogP contribution < -0.4 is 4.90 Å². The van der Waals surface area contributed by atoms with Gasteiger partial charge in [-0.15, -0.1) is 0 Å². The molecule has 0 spiro atoms. The number of ether oxygens (including phenoxy) is 1. The van der Waals surface area contributed by atoms with Gasteiger partial charge in [0, 0.05) is 31.2 Å². The van der Waals surface area contributed by atoms with Crippen LogP contribution in [0, 0.1) is 12.8 Å².